The zero-order chi connectivity index (χ0) is 14.5. The van der Waals surface area contributed by atoms with Crippen molar-refractivity contribution in [3.05, 3.63) is 27.1 Å². The second kappa shape index (κ2) is 7.70. The van der Waals surface area contributed by atoms with Crippen LogP contribution < -0.4 is 0 Å². The molecule has 8 heteroatoms. The van der Waals surface area contributed by atoms with Crippen molar-refractivity contribution in [2.75, 3.05) is 33.4 Å². The van der Waals surface area contributed by atoms with E-state index < -0.39 is 10.0 Å². The van der Waals surface area contributed by atoms with Crippen LogP contribution in [0, 0.1) is 0 Å². The first-order valence-electron chi connectivity index (χ1n) is 5.49. The molecule has 0 aliphatic rings. The van der Waals surface area contributed by atoms with E-state index in [9.17, 15) is 8.42 Å². The number of nitrogens with zero attached hydrogens (tertiary/aromatic N) is 1. The van der Waals surface area contributed by atoms with Gasteiger partial charge < -0.3 is 9.84 Å². The third kappa shape index (κ3) is 4.80. The van der Waals surface area contributed by atoms with Gasteiger partial charge in [0.2, 0.25) is 10.0 Å². The number of ether oxygens (including phenoxy) is 1. The minimum atomic E-state index is -3.57. The zero-order valence-electron chi connectivity index (χ0n) is 10.3. The van der Waals surface area contributed by atoms with Crippen LogP contribution in [0.15, 0.2) is 32.0 Å². The van der Waals surface area contributed by atoms with Crippen LogP contribution in [0.4, 0.5) is 0 Å². The first kappa shape index (κ1) is 17.1. The SMILES string of the molecule is CN(CCOCCO)S(=O)(=O)c1cc(Br)ccc1Br. The van der Waals surface area contributed by atoms with Crippen LogP contribution in [-0.2, 0) is 14.8 Å². The van der Waals surface area contributed by atoms with E-state index >= 15 is 0 Å². The molecule has 0 unspecified atom stereocenters. The molecule has 19 heavy (non-hydrogen) atoms. The molecular weight excluding hydrogens is 402 g/mol. The fourth-order valence-electron chi connectivity index (χ4n) is 1.32. The minimum Gasteiger partial charge on any atom is -0.394 e. The molecule has 0 atom stereocenters. The smallest absolute Gasteiger partial charge is 0.244 e. The predicted octanol–water partition coefficient (Wildman–Crippen LogP) is 1.84. The lowest BCUT2D eigenvalue weighted by atomic mass is 10.4. The second-order valence-electron chi connectivity index (χ2n) is 3.74. The average molecular weight is 417 g/mol. The highest BCUT2D eigenvalue weighted by Gasteiger charge is 2.23. The van der Waals surface area contributed by atoms with Gasteiger partial charge in [-0.25, -0.2) is 8.42 Å². The van der Waals surface area contributed by atoms with Crippen molar-refractivity contribution in [3.8, 4) is 0 Å². The summed E-state index contributed by atoms with van der Waals surface area (Å²) < 4.78 is 32.2. The molecule has 0 heterocycles. The third-order valence-corrected chi connectivity index (χ3v) is 5.71. The fourth-order valence-corrected chi connectivity index (χ4v) is 3.94. The molecule has 0 saturated carbocycles. The van der Waals surface area contributed by atoms with E-state index in [-0.39, 0.29) is 31.3 Å². The summed E-state index contributed by atoms with van der Waals surface area (Å²) >= 11 is 6.49. The summed E-state index contributed by atoms with van der Waals surface area (Å²) in [5.74, 6) is 0. The molecule has 108 valence electrons. The van der Waals surface area contributed by atoms with E-state index in [2.05, 4.69) is 31.9 Å². The highest BCUT2D eigenvalue weighted by atomic mass is 79.9. The molecule has 0 spiro atoms. The summed E-state index contributed by atoms with van der Waals surface area (Å²) in [5, 5.41) is 8.57. The Hall–Kier alpha value is 0.01000. The molecule has 0 aliphatic carbocycles. The van der Waals surface area contributed by atoms with Gasteiger partial charge in [0.05, 0.1) is 24.7 Å². The van der Waals surface area contributed by atoms with Gasteiger partial charge >= 0.3 is 0 Å². The van der Waals surface area contributed by atoms with E-state index in [0.29, 0.717) is 8.95 Å². The lowest BCUT2D eigenvalue weighted by Crippen LogP contribution is -2.30. The predicted molar refractivity (Wildman–Crippen MR) is 79.6 cm³/mol. The Morgan fingerprint density at radius 1 is 1.32 bits per heavy atom. The molecule has 1 rings (SSSR count). The fraction of sp³-hybridized carbons (Fsp3) is 0.455. The van der Waals surface area contributed by atoms with Crippen molar-refractivity contribution in [3.63, 3.8) is 0 Å². The highest BCUT2D eigenvalue weighted by Crippen LogP contribution is 2.27. The van der Waals surface area contributed by atoms with Crippen LogP contribution >= 0.6 is 31.9 Å². The van der Waals surface area contributed by atoms with Gasteiger partial charge in [-0.15, -0.1) is 0 Å². The molecule has 0 aromatic heterocycles. The van der Waals surface area contributed by atoms with E-state index in [1.165, 1.54) is 11.4 Å². The quantitative estimate of drug-likeness (QED) is 0.688. The molecule has 0 saturated heterocycles. The van der Waals surface area contributed by atoms with Crippen LogP contribution in [0.5, 0.6) is 0 Å². The van der Waals surface area contributed by atoms with E-state index in [1.54, 1.807) is 18.2 Å². The van der Waals surface area contributed by atoms with Gasteiger partial charge in [0.15, 0.2) is 0 Å². The number of rotatable bonds is 7. The first-order chi connectivity index (χ1) is 8.89. The molecule has 0 bridgehead atoms. The van der Waals surface area contributed by atoms with Gasteiger partial charge in [-0.05, 0) is 34.1 Å². The molecule has 1 N–H and O–H groups in total. The summed E-state index contributed by atoms with van der Waals surface area (Å²) in [7, 11) is -2.07. The Morgan fingerprint density at radius 2 is 2.00 bits per heavy atom. The van der Waals surface area contributed by atoms with Crippen LogP contribution in [0.2, 0.25) is 0 Å². The maximum absolute atomic E-state index is 12.3. The largest absolute Gasteiger partial charge is 0.394 e. The summed E-state index contributed by atoms with van der Waals surface area (Å²) in [6.07, 6.45) is 0. The molecule has 0 amide bonds. The lowest BCUT2D eigenvalue weighted by molar-refractivity contribution is 0.0876. The zero-order valence-corrected chi connectivity index (χ0v) is 14.3. The Morgan fingerprint density at radius 3 is 2.63 bits per heavy atom. The Kier molecular flexibility index (Phi) is 6.92. The highest BCUT2D eigenvalue weighted by molar-refractivity contribution is 9.11. The number of sulfonamides is 1. The van der Waals surface area contributed by atoms with Crippen molar-refractivity contribution in [2.45, 2.75) is 4.90 Å². The van der Waals surface area contributed by atoms with Gasteiger partial charge in [0, 0.05) is 22.5 Å². The molecule has 0 radical (unpaired) electrons. The maximum atomic E-state index is 12.3. The van der Waals surface area contributed by atoms with Crippen molar-refractivity contribution < 1.29 is 18.3 Å². The molecule has 5 nitrogen and oxygen atoms in total. The topological polar surface area (TPSA) is 66.8 Å². The number of aliphatic hydroxyl groups is 1. The van der Waals surface area contributed by atoms with E-state index in [4.69, 9.17) is 9.84 Å². The molecule has 1 aromatic rings. The third-order valence-electron chi connectivity index (χ3n) is 2.37. The van der Waals surface area contributed by atoms with Gasteiger partial charge in [0.1, 0.15) is 0 Å². The summed E-state index contributed by atoms with van der Waals surface area (Å²) in [6.45, 7) is 0.589. The Balaban J connectivity index is 2.82. The minimum absolute atomic E-state index is 0.0757. The number of hydrogen-bond acceptors (Lipinski definition) is 4. The van der Waals surface area contributed by atoms with Crippen LogP contribution in [0.3, 0.4) is 0 Å². The average Bonchev–Trinajstić information content (AvgIpc) is 2.37. The molecule has 0 fully saturated rings. The van der Waals surface area contributed by atoms with Gasteiger partial charge in [0.25, 0.3) is 0 Å². The second-order valence-corrected chi connectivity index (χ2v) is 7.52. The number of halogens is 2. The summed E-state index contributed by atoms with van der Waals surface area (Å²) in [6, 6.07) is 4.98. The van der Waals surface area contributed by atoms with Crippen molar-refractivity contribution in [2.24, 2.45) is 0 Å². The number of likely N-dealkylation sites (N-methyl/N-ethyl adjacent to an activating group) is 1. The Labute approximate surface area is 129 Å². The first-order valence-corrected chi connectivity index (χ1v) is 8.52. The molecular formula is C11H15Br2NO4S. The van der Waals surface area contributed by atoms with Crippen molar-refractivity contribution in [1.82, 2.24) is 4.31 Å². The van der Waals surface area contributed by atoms with Gasteiger partial charge in [-0.1, -0.05) is 15.9 Å². The molecule has 1 aromatic carbocycles. The number of benzene rings is 1. The van der Waals surface area contributed by atoms with E-state index in [0.717, 1.165) is 0 Å². The standard InChI is InChI=1S/C11H15Br2NO4S/c1-14(4-6-18-7-5-15)19(16,17)11-8-9(12)2-3-10(11)13/h2-3,8,15H,4-7H2,1H3. The van der Waals surface area contributed by atoms with Crippen LogP contribution in [0.1, 0.15) is 0 Å². The van der Waals surface area contributed by atoms with Gasteiger partial charge in [-0.3, -0.25) is 0 Å². The maximum Gasteiger partial charge on any atom is 0.244 e. The van der Waals surface area contributed by atoms with Crippen molar-refractivity contribution in [1.29, 1.82) is 0 Å². The van der Waals surface area contributed by atoms with Crippen LogP contribution in [0.25, 0.3) is 0 Å². The summed E-state index contributed by atoms with van der Waals surface area (Å²) in [5.41, 5.74) is 0. The van der Waals surface area contributed by atoms with Crippen LogP contribution in [-0.4, -0.2) is 51.2 Å². The summed E-state index contributed by atoms with van der Waals surface area (Å²) in [4.78, 5) is 0.200. The lowest BCUT2D eigenvalue weighted by Gasteiger charge is -2.18. The monoisotopic (exact) mass is 415 g/mol. The Bertz CT molecular complexity index is 521. The van der Waals surface area contributed by atoms with Gasteiger partial charge in [-0.2, -0.15) is 4.31 Å². The molecule has 0 aliphatic heterocycles. The van der Waals surface area contributed by atoms with E-state index in [1.807, 2.05) is 0 Å². The normalized spacial score (nSPS) is 12.1. The number of aliphatic hydroxyl groups excluding tert-OH is 1. The van der Waals surface area contributed by atoms with Crippen molar-refractivity contribution >= 4 is 41.9 Å². The number of hydrogen-bond donors (Lipinski definition) is 1.